The van der Waals surface area contributed by atoms with Gasteiger partial charge in [0.2, 0.25) is 5.91 Å². The lowest BCUT2D eigenvalue weighted by Gasteiger charge is -2.38. The minimum atomic E-state index is 0. The third-order valence-electron chi connectivity index (χ3n) is 4.60. The first kappa shape index (κ1) is 19.9. The van der Waals surface area contributed by atoms with Crippen molar-refractivity contribution in [2.75, 3.05) is 52.3 Å². The van der Waals surface area contributed by atoms with Gasteiger partial charge in [0, 0.05) is 39.5 Å². The maximum Gasteiger partial charge on any atom is 0.243 e. The Balaban J connectivity index is 0.00000242. The predicted molar refractivity (Wildman–Crippen MR) is 105 cm³/mol. The normalized spacial score (nSPS) is 19.6. The van der Waals surface area contributed by atoms with Gasteiger partial charge in [-0.15, -0.1) is 24.0 Å². The Morgan fingerprint density at radius 2 is 2.09 bits per heavy atom. The topological polar surface area (TPSA) is 47.9 Å². The number of guanidine groups is 1. The largest absolute Gasteiger partial charge is 0.355 e. The van der Waals surface area contributed by atoms with Gasteiger partial charge in [-0.1, -0.05) is 6.42 Å². The van der Waals surface area contributed by atoms with E-state index in [2.05, 4.69) is 21.5 Å². The quantitative estimate of drug-likeness (QED) is 0.307. The standard InChI is InChI=1S/C15H28N4OS.HI/c1-18(2)13(20)11-17-14(16-8-10-21-3)19-9-7-15(12-19)5-4-6-15;/h4-12H2,1-3H3,(H,16,17);1H. The van der Waals surface area contributed by atoms with Crippen LogP contribution in [0, 0.1) is 5.41 Å². The molecule has 128 valence electrons. The first-order valence-electron chi connectivity index (χ1n) is 7.79. The van der Waals surface area contributed by atoms with Gasteiger partial charge in [-0.25, -0.2) is 4.99 Å². The molecule has 2 aliphatic rings. The van der Waals surface area contributed by atoms with Gasteiger partial charge < -0.3 is 15.1 Å². The number of amides is 1. The third-order valence-corrected chi connectivity index (χ3v) is 5.22. The Hall–Kier alpha value is -0.180. The number of likely N-dealkylation sites (tertiary alicyclic amines) is 1. The second kappa shape index (κ2) is 9.20. The number of aliphatic imine (C=N–C) groups is 1. The van der Waals surface area contributed by atoms with Crippen LogP contribution in [-0.2, 0) is 4.79 Å². The van der Waals surface area contributed by atoms with Crippen LogP contribution in [0.2, 0.25) is 0 Å². The van der Waals surface area contributed by atoms with E-state index < -0.39 is 0 Å². The van der Waals surface area contributed by atoms with Gasteiger partial charge in [-0.2, -0.15) is 11.8 Å². The molecule has 0 atom stereocenters. The highest BCUT2D eigenvalue weighted by Gasteiger charge is 2.43. The van der Waals surface area contributed by atoms with Gasteiger partial charge >= 0.3 is 0 Å². The summed E-state index contributed by atoms with van der Waals surface area (Å²) >= 11 is 1.82. The van der Waals surface area contributed by atoms with E-state index in [1.807, 2.05) is 11.8 Å². The summed E-state index contributed by atoms with van der Waals surface area (Å²) in [5, 5.41) is 3.43. The molecule has 0 unspecified atom stereocenters. The lowest BCUT2D eigenvalue weighted by Crippen LogP contribution is -2.43. The molecular weight excluding hydrogens is 411 g/mol. The monoisotopic (exact) mass is 440 g/mol. The smallest absolute Gasteiger partial charge is 0.243 e. The lowest BCUT2D eigenvalue weighted by molar-refractivity contribution is -0.127. The van der Waals surface area contributed by atoms with E-state index in [9.17, 15) is 4.79 Å². The molecule has 1 spiro atoms. The second-order valence-electron chi connectivity index (χ2n) is 6.37. The highest BCUT2D eigenvalue weighted by atomic mass is 127. The van der Waals surface area contributed by atoms with E-state index >= 15 is 0 Å². The predicted octanol–water partition coefficient (Wildman–Crippen LogP) is 1.88. The fraction of sp³-hybridized carbons (Fsp3) is 0.867. The van der Waals surface area contributed by atoms with E-state index in [4.69, 9.17) is 0 Å². The lowest BCUT2D eigenvalue weighted by atomic mass is 9.68. The fourth-order valence-corrected chi connectivity index (χ4v) is 3.32. The van der Waals surface area contributed by atoms with Gasteiger partial charge in [0.25, 0.3) is 0 Å². The van der Waals surface area contributed by atoms with Crippen molar-refractivity contribution in [2.24, 2.45) is 10.4 Å². The van der Waals surface area contributed by atoms with Crippen molar-refractivity contribution in [3.8, 4) is 0 Å². The molecule has 1 N–H and O–H groups in total. The second-order valence-corrected chi connectivity index (χ2v) is 7.36. The molecule has 0 bridgehead atoms. The Labute approximate surface area is 155 Å². The van der Waals surface area contributed by atoms with Crippen LogP contribution in [0.3, 0.4) is 0 Å². The number of thioether (sulfide) groups is 1. The van der Waals surface area contributed by atoms with Crippen molar-refractivity contribution >= 4 is 47.6 Å². The van der Waals surface area contributed by atoms with Crippen LogP contribution in [0.1, 0.15) is 25.7 Å². The van der Waals surface area contributed by atoms with Gasteiger partial charge in [0.15, 0.2) is 5.96 Å². The molecule has 1 heterocycles. The van der Waals surface area contributed by atoms with Crippen LogP contribution in [0.15, 0.2) is 4.99 Å². The zero-order valence-corrected chi connectivity index (χ0v) is 17.1. The zero-order valence-electron chi connectivity index (χ0n) is 13.9. The molecule has 0 radical (unpaired) electrons. The highest BCUT2D eigenvalue weighted by Crippen LogP contribution is 2.47. The Morgan fingerprint density at radius 1 is 1.36 bits per heavy atom. The summed E-state index contributed by atoms with van der Waals surface area (Å²) < 4.78 is 0. The third kappa shape index (κ3) is 5.18. The first-order chi connectivity index (χ1) is 10.1. The number of carbonyl (C=O) groups is 1. The summed E-state index contributed by atoms with van der Waals surface area (Å²) in [6.07, 6.45) is 7.47. The number of nitrogens with one attached hydrogen (secondary N) is 1. The van der Waals surface area contributed by atoms with E-state index in [0.29, 0.717) is 5.41 Å². The van der Waals surface area contributed by atoms with Gasteiger partial charge in [-0.05, 0) is 30.9 Å². The molecule has 1 aliphatic carbocycles. The molecule has 0 aromatic heterocycles. The number of carbonyl (C=O) groups excluding carboxylic acids is 1. The number of rotatable bonds is 5. The summed E-state index contributed by atoms with van der Waals surface area (Å²) in [7, 11) is 3.55. The van der Waals surface area contributed by atoms with Crippen LogP contribution < -0.4 is 5.32 Å². The molecule has 2 fully saturated rings. The summed E-state index contributed by atoms with van der Waals surface area (Å²) in [5.74, 6) is 2.03. The molecule has 0 aromatic carbocycles. The maximum atomic E-state index is 11.8. The van der Waals surface area contributed by atoms with Crippen molar-refractivity contribution in [3.05, 3.63) is 0 Å². The highest BCUT2D eigenvalue weighted by molar-refractivity contribution is 14.0. The maximum absolute atomic E-state index is 11.8. The van der Waals surface area contributed by atoms with Crippen molar-refractivity contribution in [1.82, 2.24) is 15.1 Å². The number of likely N-dealkylation sites (N-methyl/N-ethyl adjacent to an activating group) is 1. The summed E-state index contributed by atoms with van der Waals surface area (Å²) in [6.45, 7) is 3.31. The zero-order chi connectivity index (χ0) is 15.3. The van der Waals surface area contributed by atoms with E-state index in [-0.39, 0.29) is 36.4 Å². The minimum Gasteiger partial charge on any atom is -0.355 e. The number of hydrogen-bond donors (Lipinski definition) is 1. The van der Waals surface area contributed by atoms with Crippen molar-refractivity contribution in [2.45, 2.75) is 25.7 Å². The first-order valence-corrected chi connectivity index (χ1v) is 9.18. The van der Waals surface area contributed by atoms with Gasteiger partial charge in [-0.3, -0.25) is 4.79 Å². The molecule has 1 aliphatic heterocycles. The molecule has 22 heavy (non-hydrogen) atoms. The molecule has 2 rings (SSSR count). The Kier molecular flexibility index (Phi) is 8.31. The molecule has 7 heteroatoms. The molecule has 0 aromatic rings. The van der Waals surface area contributed by atoms with E-state index in [0.717, 1.165) is 31.3 Å². The Bertz CT molecular complexity index is 399. The summed E-state index contributed by atoms with van der Waals surface area (Å²) in [6, 6.07) is 0. The van der Waals surface area contributed by atoms with Crippen LogP contribution in [-0.4, -0.2) is 73.9 Å². The summed E-state index contributed by atoms with van der Waals surface area (Å²) in [4.78, 5) is 20.3. The molecule has 1 saturated heterocycles. The van der Waals surface area contributed by atoms with Crippen molar-refractivity contribution < 1.29 is 4.79 Å². The van der Waals surface area contributed by atoms with E-state index in [1.165, 1.54) is 25.7 Å². The van der Waals surface area contributed by atoms with Crippen LogP contribution in [0.25, 0.3) is 0 Å². The average molecular weight is 440 g/mol. The molecular formula is C15H29IN4OS. The Morgan fingerprint density at radius 3 is 2.59 bits per heavy atom. The number of nitrogens with zero attached hydrogens (tertiary/aromatic N) is 3. The van der Waals surface area contributed by atoms with Crippen LogP contribution >= 0.6 is 35.7 Å². The number of halogens is 1. The van der Waals surface area contributed by atoms with Crippen LogP contribution in [0.4, 0.5) is 0 Å². The molecule has 1 saturated carbocycles. The van der Waals surface area contributed by atoms with Gasteiger partial charge in [0.05, 0.1) is 0 Å². The molecule has 5 nitrogen and oxygen atoms in total. The number of hydrogen-bond acceptors (Lipinski definition) is 3. The average Bonchev–Trinajstić information content (AvgIpc) is 2.87. The molecule has 1 amide bonds. The van der Waals surface area contributed by atoms with E-state index in [1.54, 1.807) is 19.0 Å². The van der Waals surface area contributed by atoms with Crippen molar-refractivity contribution in [3.63, 3.8) is 0 Å². The van der Waals surface area contributed by atoms with Gasteiger partial charge in [0.1, 0.15) is 6.54 Å². The summed E-state index contributed by atoms with van der Waals surface area (Å²) in [5.41, 5.74) is 0.549. The fourth-order valence-electron chi connectivity index (χ4n) is 3.02. The van der Waals surface area contributed by atoms with Crippen molar-refractivity contribution in [1.29, 1.82) is 0 Å². The SMILES string of the molecule is CSCCNC(=NCC(=O)N(C)C)N1CCC2(CCC2)C1.I. The van der Waals surface area contributed by atoms with Crippen LogP contribution in [0.5, 0.6) is 0 Å². The minimum absolute atomic E-state index is 0.